The van der Waals surface area contributed by atoms with Crippen molar-refractivity contribution in [2.75, 3.05) is 45.9 Å². The van der Waals surface area contributed by atoms with Gasteiger partial charge in [-0.25, -0.2) is 13.2 Å². The molecule has 0 saturated carbocycles. The van der Waals surface area contributed by atoms with Crippen LogP contribution in [0.25, 0.3) is 0 Å². The molecule has 1 saturated heterocycles. The fourth-order valence-corrected chi connectivity index (χ4v) is 4.61. The molecular formula is C18H29N3O4S. The van der Waals surface area contributed by atoms with Gasteiger partial charge in [0.2, 0.25) is 10.0 Å². The van der Waals surface area contributed by atoms with Crippen molar-refractivity contribution in [3.05, 3.63) is 29.3 Å². The molecule has 1 aliphatic heterocycles. The zero-order chi connectivity index (χ0) is 19.2. The molecule has 1 aromatic carbocycles. The highest BCUT2D eigenvalue weighted by atomic mass is 32.2. The zero-order valence-corrected chi connectivity index (χ0v) is 16.6. The minimum atomic E-state index is -3.53. The summed E-state index contributed by atoms with van der Waals surface area (Å²) in [6.45, 7) is 8.87. The molecule has 0 radical (unpaired) electrons. The normalized spacial score (nSPS) is 15.9. The van der Waals surface area contributed by atoms with Crippen LogP contribution < -0.4 is 5.32 Å². The Morgan fingerprint density at radius 1 is 1.19 bits per heavy atom. The van der Waals surface area contributed by atoms with Crippen LogP contribution in [-0.4, -0.2) is 69.6 Å². The predicted molar refractivity (Wildman–Crippen MR) is 101 cm³/mol. The Balaban J connectivity index is 1.89. The summed E-state index contributed by atoms with van der Waals surface area (Å²) in [4.78, 5) is 14.2. The number of piperazine rings is 1. The first-order valence-corrected chi connectivity index (χ1v) is 10.5. The number of rotatable bonds is 7. The molecule has 8 heteroatoms. The van der Waals surface area contributed by atoms with Crippen LogP contribution in [0.5, 0.6) is 0 Å². The fourth-order valence-electron chi connectivity index (χ4n) is 2.88. The maximum absolute atomic E-state index is 12.9. The average Bonchev–Trinajstić information content (AvgIpc) is 2.63. The number of benzene rings is 1. The molecule has 2 amide bonds. The Kier molecular flexibility index (Phi) is 7.43. The Morgan fingerprint density at radius 2 is 1.88 bits per heavy atom. The zero-order valence-electron chi connectivity index (χ0n) is 15.8. The summed E-state index contributed by atoms with van der Waals surface area (Å²) in [5.41, 5.74) is 1.66. The van der Waals surface area contributed by atoms with Gasteiger partial charge < -0.3 is 15.0 Å². The second-order valence-electron chi connectivity index (χ2n) is 6.44. The average molecular weight is 384 g/mol. The van der Waals surface area contributed by atoms with Gasteiger partial charge >= 0.3 is 6.03 Å². The summed E-state index contributed by atoms with van der Waals surface area (Å²) in [5.74, 6) is 0. The van der Waals surface area contributed by atoms with Crippen molar-refractivity contribution in [2.24, 2.45) is 0 Å². The maximum Gasteiger partial charge on any atom is 0.317 e. The molecule has 7 nitrogen and oxygen atoms in total. The third-order valence-corrected chi connectivity index (χ3v) is 6.47. The number of amides is 2. The van der Waals surface area contributed by atoms with Crippen LogP contribution in [0, 0.1) is 13.8 Å². The molecule has 1 N–H and O–H groups in total. The van der Waals surface area contributed by atoms with Crippen molar-refractivity contribution in [2.45, 2.75) is 32.1 Å². The van der Waals surface area contributed by atoms with Gasteiger partial charge in [0.1, 0.15) is 0 Å². The van der Waals surface area contributed by atoms with E-state index in [2.05, 4.69) is 5.32 Å². The van der Waals surface area contributed by atoms with Crippen molar-refractivity contribution in [1.82, 2.24) is 14.5 Å². The highest BCUT2D eigenvalue weighted by Crippen LogP contribution is 2.22. The number of aryl methyl sites for hydroxylation is 2. The summed E-state index contributed by atoms with van der Waals surface area (Å²) in [6, 6.07) is 5.30. The largest absolute Gasteiger partial charge is 0.382 e. The van der Waals surface area contributed by atoms with E-state index in [1.54, 1.807) is 17.9 Å². The van der Waals surface area contributed by atoms with Crippen LogP contribution in [0.3, 0.4) is 0 Å². The van der Waals surface area contributed by atoms with E-state index in [1.165, 1.54) is 4.31 Å². The molecule has 1 heterocycles. The molecule has 1 aromatic rings. The number of nitrogens with one attached hydrogen (secondary N) is 1. The quantitative estimate of drug-likeness (QED) is 0.728. The second-order valence-corrected chi connectivity index (χ2v) is 8.35. The van der Waals surface area contributed by atoms with Gasteiger partial charge in [-0.15, -0.1) is 0 Å². The van der Waals surface area contributed by atoms with Gasteiger partial charge in [0.15, 0.2) is 0 Å². The van der Waals surface area contributed by atoms with Gasteiger partial charge in [-0.2, -0.15) is 4.31 Å². The summed E-state index contributed by atoms with van der Waals surface area (Å²) >= 11 is 0. The predicted octanol–water partition coefficient (Wildman–Crippen LogP) is 1.75. The Morgan fingerprint density at radius 3 is 2.54 bits per heavy atom. The van der Waals surface area contributed by atoms with Gasteiger partial charge in [-0.3, -0.25) is 0 Å². The molecule has 146 valence electrons. The van der Waals surface area contributed by atoms with Crippen molar-refractivity contribution < 1.29 is 17.9 Å². The van der Waals surface area contributed by atoms with Crippen LogP contribution in [0.4, 0.5) is 4.79 Å². The van der Waals surface area contributed by atoms with E-state index >= 15 is 0 Å². The number of ether oxygens (including phenoxy) is 1. The molecule has 0 aliphatic carbocycles. The van der Waals surface area contributed by atoms with Crippen LogP contribution in [0.15, 0.2) is 23.1 Å². The molecule has 0 atom stereocenters. The first kappa shape index (κ1) is 20.7. The van der Waals surface area contributed by atoms with Gasteiger partial charge in [0.05, 0.1) is 4.90 Å². The summed E-state index contributed by atoms with van der Waals surface area (Å²) in [7, 11) is -3.53. The van der Waals surface area contributed by atoms with Gasteiger partial charge in [0.25, 0.3) is 0 Å². The van der Waals surface area contributed by atoms with Crippen LogP contribution in [0.2, 0.25) is 0 Å². The number of hydrogen-bond donors (Lipinski definition) is 1. The van der Waals surface area contributed by atoms with Crippen LogP contribution in [0.1, 0.15) is 24.5 Å². The van der Waals surface area contributed by atoms with E-state index in [-0.39, 0.29) is 6.03 Å². The molecule has 0 aromatic heterocycles. The van der Waals surface area contributed by atoms with Crippen molar-refractivity contribution in [3.63, 3.8) is 0 Å². The third kappa shape index (κ3) is 5.18. The van der Waals surface area contributed by atoms with Crippen LogP contribution >= 0.6 is 0 Å². The first-order chi connectivity index (χ1) is 12.4. The lowest BCUT2D eigenvalue weighted by Gasteiger charge is -2.34. The lowest BCUT2D eigenvalue weighted by atomic mass is 10.2. The molecule has 0 bridgehead atoms. The fraction of sp³-hybridized carbons (Fsp3) is 0.611. The number of carbonyl (C=O) groups is 1. The van der Waals surface area contributed by atoms with Gasteiger partial charge in [-0.05, 0) is 44.4 Å². The smallest absolute Gasteiger partial charge is 0.317 e. The topological polar surface area (TPSA) is 79.0 Å². The monoisotopic (exact) mass is 383 g/mol. The Bertz CT molecular complexity index is 713. The van der Waals surface area contributed by atoms with Crippen LogP contribution in [-0.2, 0) is 14.8 Å². The highest BCUT2D eigenvalue weighted by Gasteiger charge is 2.31. The molecule has 2 rings (SSSR count). The highest BCUT2D eigenvalue weighted by molar-refractivity contribution is 7.89. The lowest BCUT2D eigenvalue weighted by molar-refractivity contribution is 0.142. The summed E-state index contributed by atoms with van der Waals surface area (Å²) in [6.07, 6.45) is 0.764. The number of urea groups is 1. The summed E-state index contributed by atoms with van der Waals surface area (Å²) in [5, 5.41) is 2.85. The van der Waals surface area contributed by atoms with Gasteiger partial charge in [-0.1, -0.05) is 12.1 Å². The number of carbonyl (C=O) groups excluding carboxylic acids is 1. The maximum atomic E-state index is 12.9. The number of sulfonamides is 1. The Hall–Kier alpha value is -1.64. The van der Waals surface area contributed by atoms with E-state index < -0.39 is 10.0 Å². The minimum absolute atomic E-state index is 0.148. The van der Waals surface area contributed by atoms with Crippen molar-refractivity contribution >= 4 is 16.1 Å². The van der Waals surface area contributed by atoms with Crippen molar-refractivity contribution in [1.29, 1.82) is 0 Å². The molecule has 1 aliphatic rings. The lowest BCUT2D eigenvalue weighted by Crippen LogP contribution is -2.53. The van der Waals surface area contributed by atoms with E-state index in [4.69, 9.17) is 4.74 Å². The van der Waals surface area contributed by atoms with E-state index in [0.29, 0.717) is 50.8 Å². The molecule has 1 fully saturated rings. The molecule has 26 heavy (non-hydrogen) atoms. The standard InChI is InChI=1S/C18H29N3O4S/c1-4-25-13-5-8-19-18(22)20-9-11-21(12-10-20)26(23,24)17-14-15(2)6-7-16(17)3/h6-7,14H,4-5,8-13H2,1-3H3,(H,19,22). The third-order valence-electron chi connectivity index (χ3n) is 4.43. The number of hydrogen-bond acceptors (Lipinski definition) is 4. The van der Waals surface area contributed by atoms with E-state index in [9.17, 15) is 13.2 Å². The molecule has 0 unspecified atom stereocenters. The second kappa shape index (κ2) is 9.34. The molecule has 0 spiro atoms. The van der Waals surface area contributed by atoms with E-state index in [0.717, 1.165) is 17.5 Å². The Labute approximate surface area is 156 Å². The minimum Gasteiger partial charge on any atom is -0.382 e. The molecular weight excluding hydrogens is 354 g/mol. The van der Waals surface area contributed by atoms with Crippen molar-refractivity contribution in [3.8, 4) is 0 Å². The SMILES string of the molecule is CCOCCCNC(=O)N1CCN(S(=O)(=O)c2cc(C)ccc2C)CC1. The van der Waals surface area contributed by atoms with E-state index in [1.807, 2.05) is 26.0 Å². The summed E-state index contributed by atoms with van der Waals surface area (Å²) < 4.78 is 32.5. The first-order valence-electron chi connectivity index (χ1n) is 9.04. The number of nitrogens with zero attached hydrogens (tertiary/aromatic N) is 2. The van der Waals surface area contributed by atoms with Gasteiger partial charge in [0, 0.05) is 45.9 Å².